The Labute approximate surface area is 189 Å². The highest BCUT2D eigenvalue weighted by Gasteiger charge is 2.36. The second-order valence-electron chi connectivity index (χ2n) is 10.1. The van der Waals surface area contributed by atoms with E-state index in [4.69, 9.17) is 4.74 Å². The van der Waals surface area contributed by atoms with Crippen molar-refractivity contribution in [3.05, 3.63) is 41.2 Å². The van der Waals surface area contributed by atoms with Crippen molar-refractivity contribution < 1.29 is 17.9 Å². The van der Waals surface area contributed by atoms with Crippen LogP contribution in [0.1, 0.15) is 89.0 Å². The van der Waals surface area contributed by atoms with Crippen LogP contribution in [0.5, 0.6) is 5.75 Å². The maximum atomic E-state index is 15.3. The minimum atomic E-state index is -0.902. The highest BCUT2D eigenvalue weighted by atomic mass is 19.2. The molecule has 0 bridgehead atoms. The zero-order chi connectivity index (χ0) is 22.2. The van der Waals surface area contributed by atoms with Crippen LogP contribution in [0.25, 0.3) is 22.3 Å². The van der Waals surface area contributed by atoms with Gasteiger partial charge in [-0.1, -0.05) is 51.9 Å². The Morgan fingerprint density at radius 1 is 0.781 bits per heavy atom. The van der Waals surface area contributed by atoms with Gasteiger partial charge in [0.1, 0.15) is 0 Å². The largest absolute Gasteiger partial charge is 0.490 e. The molecule has 1 nitrogen and oxygen atoms in total. The first kappa shape index (κ1) is 21.9. The summed E-state index contributed by atoms with van der Waals surface area (Å²) in [5, 5.41) is 0. The summed E-state index contributed by atoms with van der Waals surface area (Å²) in [6.07, 6.45) is 12.2. The molecule has 2 saturated carbocycles. The fourth-order valence-electron chi connectivity index (χ4n) is 6.19. The Morgan fingerprint density at radius 2 is 1.47 bits per heavy atom. The van der Waals surface area contributed by atoms with Crippen LogP contribution in [-0.2, 0) is 0 Å². The van der Waals surface area contributed by atoms with E-state index < -0.39 is 17.5 Å². The lowest BCUT2D eigenvalue weighted by Crippen LogP contribution is -2.20. The first-order valence-corrected chi connectivity index (χ1v) is 12.6. The van der Waals surface area contributed by atoms with Gasteiger partial charge in [-0.3, -0.25) is 0 Å². The molecular formula is C28H33F3O. The minimum Gasteiger partial charge on any atom is -0.490 e. The summed E-state index contributed by atoms with van der Waals surface area (Å²) in [5.41, 5.74) is 2.03. The van der Waals surface area contributed by atoms with Crippen LogP contribution in [0.2, 0.25) is 0 Å². The van der Waals surface area contributed by atoms with Crippen LogP contribution in [-0.4, -0.2) is 6.61 Å². The molecule has 3 aliphatic rings. The van der Waals surface area contributed by atoms with Crippen molar-refractivity contribution in [1.29, 1.82) is 0 Å². The molecule has 4 heteroatoms. The van der Waals surface area contributed by atoms with Gasteiger partial charge < -0.3 is 4.74 Å². The predicted octanol–water partition coefficient (Wildman–Crippen LogP) is 8.78. The lowest BCUT2D eigenvalue weighted by atomic mass is 9.75. The van der Waals surface area contributed by atoms with Gasteiger partial charge in [0.05, 0.1) is 6.61 Å². The molecule has 0 atom stereocenters. The predicted molar refractivity (Wildman–Crippen MR) is 122 cm³/mol. The molecule has 0 unspecified atom stereocenters. The van der Waals surface area contributed by atoms with E-state index in [1.54, 1.807) is 18.2 Å². The molecule has 0 amide bonds. The van der Waals surface area contributed by atoms with Gasteiger partial charge >= 0.3 is 0 Å². The van der Waals surface area contributed by atoms with E-state index in [0.717, 1.165) is 50.9 Å². The number of benzene rings is 2. The van der Waals surface area contributed by atoms with Crippen LogP contribution >= 0.6 is 0 Å². The van der Waals surface area contributed by atoms with Gasteiger partial charge in [0, 0.05) is 11.1 Å². The summed E-state index contributed by atoms with van der Waals surface area (Å²) >= 11 is 0. The maximum Gasteiger partial charge on any atom is 0.173 e. The molecule has 172 valence electrons. The second kappa shape index (κ2) is 9.11. The molecule has 32 heavy (non-hydrogen) atoms. The maximum absolute atomic E-state index is 15.3. The van der Waals surface area contributed by atoms with Crippen molar-refractivity contribution >= 4 is 0 Å². The highest BCUT2D eigenvalue weighted by Crippen LogP contribution is 2.54. The van der Waals surface area contributed by atoms with Crippen molar-refractivity contribution in [2.24, 2.45) is 11.8 Å². The summed E-state index contributed by atoms with van der Waals surface area (Å²) in [6, 6.07) is 5.22. The molecule has 0 heterocycles. The average Bonchev–Trinajstić information content (AvgIpc) is 2.80. The van der Waals surface area contributed by atoms with Crippen LogP contribution in [0.4, 0.5) is 13.2 Å². The second-order valence-corrected chi connectivity index (χ2v) is 10.1. The van der Waals surface area contributed by atoms with Crippen molar-refractivity contribution in [3.8, 4) is 28.0 Å². The minimum absolute atomic E-state index is 0.0625. The summed E-state index contributed by atoms with van der Waals surface area (Å²) in [6.45, 7) is 2.71. The van der Waals surface area contributed by atoms with Crippen molar-refractivity contribution in [2.75, 3.05) is 6.61 Å². The number of hydrogen-bond donors (Lipinski definition) is 0. The highest BCUT2D eigenvalue weighted by molar-refractivity contribution is 6.03. The van der Waals surface area contributed by atoms with Gasteiger partial charge in [0.25, 0.3) is 0 Å². The third-order valence-corrected chi connectivity index (χ3v) is 8.06. The Kier molecular flexibility index (Phi) is 6.22. The van der Waals surface area contributed by atoms with Crippen LogP contribution in [0, 0.1) is 29.3 Å². The molecular weight excluding hydrogens is 409 g/mol. The van der Waals surface area contributed by atoms with Gasteiger partial charge in [0.2, 0.25) is 0 Å². The van der Waals surface area contributed by atoms with Gasteiger partial charge in [-0.25, -0.2) is 13.2 Å². The molecule has 0 spiro atoms. The molecule has 3 aliphatic carbocycles. The molecule has 0 aliphatic heterocycles. The lowest BCUT2D eigenvalue weighted by Gasteiger charge is -2.31. The van der Waals surface area contributed by atoms with Crippen molar-refractivity contribution in [2.45, 2.75) is 83.5 Å². The smallest absolute Gasteiger partial charge is 0.173 e. The first-order chi connectivity index (χ1) is 15.6. The quantitative estimate of drug-likeness (QED) is 0.371. The van der Waals surface area contributed by atoms with Gasteiger partial charge in [-0.15, -0.1) is 0 Å². The molecule has 0 radical (unpaired) electrons. The molecule has 5 rings (SSSR count). The van der Waals surface area contributed by atoms with E-state index in [-0.39, 0.29) is 22.8 Å². The Hall–Kier alpha value is -1.97. The van der Waals surface area contributed by atoms with Crippen LogP contribution in [0.3, 0.4) is 0 Å². The molecule has 2 aromatic rings. The molecule has 0 N–H and O–H groups in total. The van der Waals surface area contributed by atoms with Crippen molar-refractivity contribution in [3.63, 3.8) is 0 Å². The van der Waals surface area contributed by atoms with Crippen LogP contribution in [0.15, 0.2) is 18.2 Å². The SMILES string of the molecule is CCCC1CCC(COc2ccc3c(c2F)-c2c-3cc(C3CCCCC3)c(F)c2F)CC1. The Bertz CT molecular complexity index is 985. The molecule has 2 fully saturated rings. The monoisotopic (exact) mass is 442 g/mol. The Balaban J connectivity index is 1.32. The third-order valence-electron chi connectivity index (χ3n) is 8.06. The average molecular weight is 443 g/mol. The van der Waals surface area contributed by atoms with E-state index in [2.05, 4.69) is 6.92 Å². The number of ether oxygens (including phenoxy) is 1. The summed E-state index contributed by atoms with van der Waals surface area (Å²) in [7, 11) is 0. The van der Waals surface area contributed by atoms with E-state index in [9.17, 15) is 4.39 Å². The zero-order valence-electron chi connectivity index (χ0n) is 19.0. The molecule has 0 saturated heterocycles. The van der Waals surface area contributed by atoms with E-state index in [1.807, 2.05) is 0 Å². The molecule has 0 aromatic heterocycles. The van der Waals surface area contributed by atoms with E-state index in [0.29, 0.717) is 29.2 Å². The topological polar surface area (TPSA) is 9.23 Å². The van der Waals surface area contributed by atoms with Crippen LogP contribution < -0.4 is 4.74 Å². The lowest BCUT2D eigenvalue weighted by molar-refractivity contribution is 0.174. The fraction of sp³-hybridized carbons (Fsp3) is 0.571. The zero-order valence-corrected chi connectivity index (χ0v) is 19.0. The van der Waals surface area contributed by atoms with Gasteiger partial charge in [0.15, 0.2) is 23.2 Å². The van der Waals surface area contributed by atoms with E-state index >= 15 is 8.78 Å². The van der Waals surface area contributed by atoms with Crippen molar-refractivity contribution in [1.82, 2.24) is 0 Å². The van der Waals surface area contributed by atoms with Gasteiger partial charge in [-0.2, -0.15) is 0 Å². The first-order valence-electron chi connectivity index (χ1n) is 12.6. The molecule has 2 aromatic carbocycles. The number of rotatable bonds is 6. The standard InChI is InChI=1S/C28H33F3O/c1-2-6-17-9-11-18(12-10-17)16-32-23-14-13-20-22-15-21(19-7-4-3-5-8-19)26(29)28(31)25(22)24(20)27(23)30/h13-15,17-19H,2-12,16H2,1H3. The third kappa shape index (κ3) is 3.84. The normalized spacial score (nSPS) is 22.8. The summed E-state index contributed by atoms with van der Waals surface area (Å²) < 4.78 is 51.1. The number of fused-ring (bicyclic) bond motifs is 4. The summed E-state index contributed by atoms with van der Waals surface area (Å²) in [4.78, 5) is 0. The fourth-order valence-corrected chi connectivity index (χ4v) is 6.19. The van der Waals surface area contributed by atoms with Gasteiger partial charge in [-0.05, 0) is 78.3 Å². The number of hydrogen-bond acceptors (Lipinski definition) is 1. The Morgan fingerprint density at radius 3 is 2.19 bits per heavy atom. The number of halogens is 3. The summed E-state index contributed by atoms with van der Waals surface area (Å²) in [5.74, 6) is -0.783. The van der Waals surface area contributed by atoms with E-state index in [1.165, 1.54) is 25.7 Å².